The van der Waals surface area contributed by atoms with E-state index < -0.39 is 0 Å². The molecule has 0 aromatic heterocycles. The fraction of sp³-hybridized carbons (Fsp3) is 0.600. The Hall–Kier alpha value is -1.22. The highest BCUT2D eigenvalue weighted by molar-refractivity contribution is 5.49. The van der Waals surface area contributed by atoms with Crippen molar-refractivity contribution in [2.75, 3.05) is 19.8 Å². The summed E-state index contributed by atoms with van der Waals surface area (Å²) in [6, 6.07) is 6.54. The fourth-order valence-electron chi connectivity index (χ4n) is 2.43. The van der Waals surface area contributed by atoms with Crippen LogP contribution in [0.2, 0.25) is 0 Å². The van der Waals surface area contributed by atoms with Gasteiger partial charge < -0.3 is 14.8 Å². The van der Waals surface area contributed by atoms with E-state index in [0.29, 0.717) is 18.6 Å². The van der Waals surface area contributed by atoms with Crippen LogP contribution in [-0.2, 0) is 0 Å². The summed E-state index contributed by atoms with van der Waals surface area (Å²) >= 11 is 0. The molecule has 1 aromatic rings. The van der Waals surface area contributed by atoms with E-state index in [2.05, 4.69) is 25.2 Å². The Morgan fingerprint density at radius 2 is 2.22 bits per heavy atom. The minimum absolute atomic E-state index is 0.370. The maximum absolute atomic E-state index is 5.86. The maximum atomic E-state index is 5.86. The lowest BCUT2D eigenvalue weighted by Crippen LogP contribution is -2.34. The number of hydrogen-bond acceptors (Lipinski definition) is 3. The fourth-order valence-corrected chi connectivity index (χ4v) is 2.43. The van der Waals surface area contributed by atoms with Gasteiger partial charge in [-0.1, -0.05) is 26.0 Å². The minimum Gasteiger partial charge on any atom is -0.490 e. The summed E-state index contributed by atoms with van der Waals surface area (Å²) in [4.78, 5) is 0. The van der Waals surface area contributed by atoms with Crippen LogP contribution in [0.4, 0.5) is 0 Å². The molecule has 18 heavy (non-hydrogen) atoms. The molecule has 1 heterocycles. The first-order valence-corrected chi connectivity index (χ1v) is 6.89. The standard InChI is InChI=1S/C15H23NO2/c1-4-9-16-14-11(3)10-18-15-12(14)7-6-8-13(15)17-5-2/h6-8,11,14,16H,4-5,9-10H2,1-3H3. The molecule has 1 N–H and O–H groups in total. The van der Waals surface area contributed by atoms with Crippen molar-refractivity contribution in [3.8, 4) is 11.5 Å². The van der Waals surface area contributed by atoms with Gasteiger partial charge >= 0.3 is 0 Å². The molecule has 0 aliphatic carbocycles. The molecule has 100 valence electrons. The van der Waals surface area contributed by atoms with Crippen LogP contribution in [0.3, 0.4) is 0 Å². The zero-order valence-electron chi connectivity index (χ0n) is 11.5. The van der Waals surface area contributed by atoms with Crippen molar-refractivity contribution in [2.45, 2.75) is 33.2 Å². The predicted molar refractivity (Wildman–Crippen MR) is 73.3 cm³/mol. The van der Waals surface area contributed by atoms with Gasteiger partial charge in [0.1, 0.15) is 0 Å². The zero-order valence-corrected chi connectivity index (χ0v) is 11.5. The highest BCUT2D eigenvalue weighted by Gasteiger charge is 2.29. The summed E-state index contributed by atoms with van der Waals surface area (Å²) in [6.45, 7) is 8.87. The summed E-state index contributed by atoms with van der Waals surface area (Å²) in [5, 5.41) is 3.61. The van der Waals surface area contributed by atoms with Crippen molar-refractivity contribution in [3.63, 3.8) is 0 Å². The second-order valence-electron chi connectivity index (χ2n) is 4.83. The van der Waals surface area contributed by atoms with Gasteiger partial charge in [-0.15, -0.1) is 0 Å². The average molecular weight is 249 g/mol. The molecule has 1 aliphatic rings. The Bertz CT molecular complexity index is 392. The normalized spacial score (nSPS) is 22.2. The van der Waals surface area contributed by atoms with Gasteiger partial charge in [0.2, 0.25) is 0 Å². The van der Waals surface area contributed by atoms with Crippen LogP contribution in [-0.4, -0.2) is 19.8 Å². The van der Waals surface area contributed by atoms with E-state index in [-0.39, 0.29) is 0 Å². The van der Waals surface area contributed by atoms with Crippen molar-refractivity contribution in [1.29, 1.82) is 0 Å². The maximum Gasteiger partial charge on any atom is 0.165 e. The summed E-state index contributed by atoms with van der Waals surface area (Å²) < 4.78 is 11.5. The van der Waals surface area contributed by atoms with Crippen LogP contribution in [0.25, 0.3) is 0 Å². The molecule has 1 aliphatic heterocycles. The molecular formula is C15H23NO2. The van der Waals surface area contributed by atoms with Crippen LogP contribution in [0.1, 0.15) is 38.8 Å². The molecule has 1 aromatic carbocycles. The quantitative estimate of drug-likeness (QED) is 0.869. The number of fused-ring (bicyclic) bond motifs is 1. The molecule has 0 spiro atoms. The molecule has 2 rings (SSSR count). The lowest BCUT2D eigenvalue weighted by atomic mass is 9.91. The molecule has 0 saturated heterocycles. The van der Waals surface area contributed by atoms with E-state index in [1.165, 1.54) is 5.56 Å². The van der Waals surface area contributed by atoms with Crippen molar-refractivity contribution in [3.05, 3.63) is 23.8 Å². The molecule has 3 nitrogen and oxygen atoms in total. The molecule has 0 amide bonds. The number of ether oxygens (including phenoxy) is 2. The van der Waals surface area contributed by atoms with Crippen molar-refractivity contribution in [1.82, 2.24) is 5.32 Å². The SMILES string of the molecule is CCCNC1c2cccc(OCC)c2OCC1C. The first-order chi connectivity index (χ1) is 8.77. The Kier molecular flexibility index (Phi) is 4.48. The summed E-state index contributed by atoms with van der Waals surface area (Å²) in [5.41, 5.74) is 1.23. The summed E-state index contributed by atoms with van der Waals surface area (Å²) in [7, 11) is 0. The molecule has 0 bridgehead atoms. The van der Waals surface area contributed by atoms with E-state index in [1.807, 2.05) is 19.1 Å². The molecule has 0 radical (unpaired) electrons. The molecule has 3 heteroatoms. The van der Waals surface area contributed by atoms with Gasteiger partial charge in [0.25, 0.3) is 0 Å². The minimum atomic E-state index is 0.370. The lowest BCUT2D eigenvalue weighted by Gasteiger charge is -2.33. The van der Waals surface area contributed by atoms with Gasteiger partial charge in [-0.2, -0.15) is 0 Å². The zero-order chi connectivity index (χ0) is 13.0. The highest BCUT2D eigenvalue weighted by atomic mass is 16.5. The number of nitrogens with one attached hydrogen (secondary N) is 1. The van der Waals surface area contributed by atoms with Crippen LogP contribution >= 0.6 is 0 Å². The van der Waals surface area contributed by atoms with E-state index >= 15 is 0 Å². The summed E-state index contributed by atoms with van der Waals surface area (Å²) in [6.07, 6.45) is 1.14. The van der Waals surface area contributed by atoms with Gasteiger partial charge in [0.05, 0.1) is 13.2 Å². The highest BCUT2D eigenvalue weighted by Crippen LogP contribution is 2.41. The lowest BCUT2D eigenvalue weighted by molar-refractivity contribution is 0.178. The van der Waals surface area contributed by atoms with E-state index in [4.69, 9.17) is 9.47 Å². The van der Waals surface area contributed by atoms with Crippen LogP contribution in [0, 0.1) is 5.92 Å². The second kappa shape index (κ2) is 6.10. The molecule has 2 unspecified atom stereocenters. The smallest absolute Gasteiger partial charge is 0.165 e. The topological polar surface area (TPSA) is 30.5 Å². The monoisotopic (exact) mass is 249 g/mol. The van der Waals surface area contributed by atoms with Gasteiger partial charge in [-0.25, -0.2) is 0 Å². The first-order valence-electron chi connectivity index (χ1n) is 6.89. The number of rotatable bonds is 5. The van der Waals surface area contributed by atoms with Gasteiger partial charge in [0, 0.05) is 17.5 Å². The average Bonchev–Trinajstić information content (AvgIpc) is 2.38. The molecule has 0 fully saturated rings. The number of benzene rings is 1. The molecule has 0 saturated carbocycles. The van der Waals surface area contributed by atoms with Crippen molar-refractivity contribution < 1.29 is 9.47 Å². The Morgan fingerprint density at radius 3 is 2.94 bits per heavy atom. The molecular weight excluding hydrogens is 226 g/mol. The van der Waals surface area contributed by atoms with Crippen molar-refractivity contribution >= 4 is 0 Å². The van der Waals surface area contributed by atoms with Crippen LogP contribution < -0.4 is 14.8 Å². The Morgan fingerprint density at radius 1 is 1.39 bits per heavy atom. The number of para-hydroxylation sites is 1. The predicted octanol–water partition coefficient (Wildman–Crippen LogP) is 3.15. The van der Waals surface area contributed by atoms with E-state index in [0.717, 1.165) is 31.1 Å². The van der Waals surface area contributed by atoms with Gasteiger partial charge in [-0.05, 0) is 26.0 Å². The third-order valence-electron chi connectivity index (χ3n) is 3.32. The third kappa shape index (κ3) is 2.61. The Labute approximate surface area is 109 Å². The first kappa shape index (κ1) is 13.2. The summed E-state index contributed by atoms with van der Waals surface area (Å²) in [5.74, 6) is 2.28. The number of hydrogen-bond donors (Lipinski definition) is 1. The molecule has 2 atom stereocenters. The van der Waals surface area contributed by atoms with Gasteiger partial charge in [-0.3, -0.25) is 0 Å². The van der Waals surface area contributed by atoms with E-state index in [1.54, 1.807) is 0 Å². The van der Waals surface area contributed by atoms with Crippen LogP contribution in [0.5, 0.6) is 11.5 Å². The van der Waals surface area contributed by atoms with E-state index in [9.17, 15) is 0 Å². The van der Waals surface area contributed by atoms with Crippen molar-refractivity contribution in [2.24, 2.45) is 5.92 Å². The Balaban J connectivity index is 2.28. The van der Waals surface area contributed by atoms with Crippen LogP contribution in [0.15, 0.2) is 18.2 Å². The third-order valence-corrected chi connectivity index (χ3v) is 3.32. The van der Waals surface area contributed by atoms with Gasteiger partial charge in [0.15, 0.2) is 11.5 Å². The second-order valence-corrected chi connectivity index (χ2v) is 4.83. The largest absolute Gasteiger partial charge is 0.490 e.